The topological polar surface area (TPSA) is 77.2 Å². The van der Waals surface area contributed by atoms with Crippen LogP contribution in [0.3, 0.4) is 0 Å². The summed E-state index contributed by atoms with van der Waals surface area (Å²) < 4.78 is 6.01. The zero-order valence-corrected chi connectivity index (χ0v) is 18.2. The van der Waals surface area contributed by atoms with Crippen molar-refractivity contribution in [3.63, 3.8) is 0 Å². The van der Waals surface area contributed by atoms with Gasteiger partial charge in [-0.15, -0.1) is 11.3 Å². The van der Waals surface area contributed by atoms with Gasteiger partial charge in [0, 0.05) is 11.3 Å². The monoisotopic (exact) mass is 431 g/mol. The minimum atomic E-state index is -0.589. The van der Waals surface area contributed by atoms with E-state index in [0.29, 0.717) is 18.3 Å². The molecule has 1 heterocycles. The highest BCUT2D eigenvalue weighted by atomic mass is 32.1. The standard InChI is InChI=1S/C25H25N3O2S/c1-17(26)24(29)28-25-27-22(23(31-25)14-18-7-3-2-4-8-18)16-30-15-19-11-12-20-9-5-6-10-21(20)13-19/h2-13,17H,14-16,26H2,1H3,(H,27,28,29)/t17-/m0/s1. The highest BCUT2D eigenvalue weighted by Gasteiger charge is 2.16. The fourth-order valence-corrected chi connectivity index (χ4v) is 4.28. The number of carbonyl (C=O) groups excluding carboxylic acids is 1. The average Bonchev–Trinajstić information content (AvgIpc) is 3.15. The Morgan fingerprint density at radius 2 is 1.74 bits per heavy atom. The van der Waals surface area contributed by atoms with Gasteiger partial charge in [-0.2, -0.15) is 0 Å². The van der Waals surface area contributed by atoms with Gasteiger partial charge in [0.2, 0.25) is 5.91 Å². The van der Waals surface area contributed by atoms with E-state index in [-0.39, 0.29) is 5.91 Å². The Kier molecular flexibility index (Phi) is 6.72. The van der Waals surface area contributed by atoms with Gasteiger partial charge in [-0.1, -0.05) is 66.7 Å². The Hall–Kier alpha value is -3.06. The molecule has 0 aliphatic rings. The van der Waals surface area contributed by atoms with Crippen LogP contribution in [0.4, 0.5) is 5.13 Å². The van der Waals surface area contributed by atoms with Crippen LogP contribution in [-0.4, -0.2) is 16.9 Å². The van der Waals surface area contributed by atoms with Crippen molar-refractivity contribution in [2.75, 3.05) is 5.32 Å². The van der Waals surface area contributed by atoms with Crippen LogP contribution in [0.15, 0.2) is 72.8 Å². The van der Waals surface area contributed by atoms with E-state index in [9.17, 15) is 4.79 Å². The first-order chi connectivity index (χ1) is 15.1. The maximum Gasteiger partial charge on any atom is 0.242 e. The molecule has 4 aromatic rings. The van der Waals surface area contributed by atoms with Crippen LogP contribution in [0.2, 0.25) is 0 Å². The lowest BCUT2D eigenvalue weighted by Crippen LogP contribution is -2.32. The molecule has 31 heavy (non-hydrogen) atoms. The van der Waals surface area contributed by atoms with Gasteiger partial charge < -0.3 is 15.8 Å². The van der Waals surface area contributed by atoms with Crippen LogP contribution in [0.25, 0.3) is 10.8 Å². The number of ether oxygens (including phenoxy) is 1. The van der Waals surface area contributed by atoms with Gasteiger partial charge in [0.25, 0.3) is 0 Å². The molecule has 1 amide bonds. The molecule has 3 N–H and O–H groups in total. The van der Waals surface area contributed by atoms with E-state index >= 15 is 0 Å². The van der Waals surface area contributed by atoms with Crippen molar-refractivity contribution in [3.8, 4) is 0 Å². The third-order valence-corrected chi connectivity index (χ3v) is 5.96. The summed E-state index contributed by atoms with van der Waals surface area (Å²) in [6, 6.07) is 24.2. The Bertz CT molecular complexity index is 1170. The molecule has 0 radical (unpaired) electrons. The number of hydrogen-bond donors (Lipinski definition) is 2. The van der Waals surface area contributed by atoms with Crippen molar-refractivity contribution in [3.05, 3.63) is 94.5 Å². The van der Waals surface area contributed by atoms with E-state index in [2.05, 4.69) is 52.8 Å². The van der Waals surface area contributed by atoms with Gasteiger partial charge >= 0.3 is 0 Å². The Labute approximate surface area is 185 Å². The Balaban J connectivity index is 1.47. The van der Waals surface area contributed by atoms with E-state index < -0.39 is 6.04 Å². The summed E-state index contributed by atoms with van der Waals surface area (Å²) in [7, 11) is 0. The van der Waals surface area contributed by atoms with Crippen LogP contribution in [-0.2, 0) is 29.2 Å². The number of nitrogens with two attached hydrogens (primary N) is 1. The summed E-state index contributed by atoms with van der Waals surface area (Å²) in [4.78, 5) is 17.7. The molecule has 0 aliphatic carbocycles. The number of nitrogens with one attached hydrogen (secondary N) is 1. The lowest BCUT2D eigenvalue weighted by Gasteiger charge is -2.06. The maximum absolute atomic E-state index is 12.0. The average molecular weight is 432 g/mol. The number of amides is 1. The third kappa shape index (κ3) is 5.55. The zero-order valence-electron chi connectivity index (χ0n) is 17.4. The summed E-state index contributed by atoms with van der Waals surface area (Å²) in [5.74, 6) is -0.247. The van der Waals surface area contributed by atoms with Gasteiger partial charge in [-0.05, 0) is 34.9 Å². The van der Waals surface area contributed by atoms with Crippen molar-refractivity contribution in [1.29, 1.82) is 0 Å². The molecular formula is C25H25N3O2S. The molecular weight excluding hydrogens is 406 g/mol. The number of carbonyl (C=O) groups is 1. The molecule has 5 nitrogen and oxygen atoms in total. The van der Waals surface area contributed by atoms with Crippen molar-refractivity contribution in [2.45, 2.75) is 32.6 Å². The van der Waals surface area contributed by atoms with Crippen molar-refractivity contribution in [2.24, 2.45) is 5.73 Å². The molecule has 0 bridgehead atoms. The number of benzene rings is 3. The smallest absolute Gasteiger partial charge is 0.242 e. The van der Waals surface area contributed by atoms with Gasteiger partial charge in [0.1, 0.15) is 0 Å². The second kappa shape index (κ2) is 9.83. The lowest BCUT2D eigenvalue weighted by atomic mass is 10.1. The fourth-order valence-electron chi connectivity index (χ4n) is 3.28. The van der Waals surface area contributed by atoms with Crippen LogP contribution < -0.4 is 11.1 Å². The number of rotatable bonds is 8. The first-order valence-electron chi connectivity index (χ1n) is 10.2. The van der Waals surface area contributed by atoms with E-state index in [1.807, 2.05) is 30.3 Å². The first-order valence-corrected chi connectivity index (χ1v) is 11.0. The van der Waals surface area contributed by atoms with Gasteiger partial charge in [0.05, 0.1) is 24.9 Å². The van der Waals surface area contributed by atoms with Crippen LogP contribution in [0.5, 0.6) is 0 Å². The Morgan fingerprint density at radius 3 is 2.52 bits per heavy atom. The molecule has 1 atom stereocenters. The van der Waals surface area contributed by atoms with Crippen LogP contribution >= 0.6 is 11.3 Å². The van der Waals surface area contributed by atoms with Gasteiger partial charge in [-0.25, -0.2) is 4.98 Å². The minimum Gasteiger partial charge on any atom is -0.370 e. The molecule has 158 valence electrons. The van der Waals surface area contributed by atoms with Gasteiger partial charge in [-0.3, -0.25) is 4.79 Å². The summed E-state index contributed by atoms with van der Waals surface area (Å²) >= 11 is 1.47. The molecule has 0 saturated heterocycles. The number of fused-ring (bicyclic) bond motifs is 1. The number of aromatic nitrogens is 1. The molecule has 1 aromatic heterocycles. The minimum absolute atomic E-state index is 0.247. The predicted octanol–water partition coefficient (Wildman–Crippen LogP) is 4.89. The second-order valence-corrected chi connectivity index (χ2v) is 8.59. The lowest BCUT2D eigenvalue weighted by molar-refractivity contribution is -0.117. The second-order valence-electron chi connectivity index (χ2n) is 7.50. The first kappa shape index (κ1) is 21.2. The quantitative estimate of drug-likeness (QED) is 0.416. The van der Waals surface area contributed by atoms with Crippen LogP contribution in [0, 0.1) is 0 Å². The molecule has 0 fully saturated rings. The molecule has 0 unspecified atom stereocenters. The van der Waals surface area contributed by atoms with E-state index in [0.717, 1.165) is 22.6 Å². The molecule has 3 aromatic carbocycles. The summed E-state index contributed by atoms with van der Waals surface area (Å²) in [5.41, 5.74) is 8.82. The molecule has 6 heteroatoms. The highest BCUT2D eigenvalue weighted by Crippen LogP contribution is 2.27. The molecule has 4 rings (SSSR count). The van der Waals surface area contributed by atoms with Gasteiger partial charge in [0.15, 0.2) is 5.13 Å². The normalized spacial score (nSPS) is 12.1. The molecule has 0 saturated carbocycles. The number of hydrogen-bond acceptors (Lipinski definition) is 5. The Morgan fingerprint density at radius 1 is 1.00 bits per heavy atom. The maximum atomic E-state index is 12.0. The molecule has 0 aliphatic heterocycles. The predicted molar refractivity (Wildman–Crippen MR) is 126 cm³/mol. The number of nitrogens with zero attached hydrogens (tertiary/aromatic N) is 1. The number of anilines is 1. The number of thiazole rings is 1. The SMILES string of the molecule is C[C@H](N)C(=O)Nc1nc(COCc2ccc3ccccc3c2)c(Cc2ccccc2)s1. The van der Waals surface area contributed by atoms with Crippen molar-refractivity contribution >= 4 is 33.1 Å². The van der Waals surface area contributed by atoms with E-state index in [1.54, 1.807) is 6.92 Å². The van der Waals surface area contributed by atoms with Crippen molar-refractivity contribution in [1.82, 2.24) is 4.98 Å². The zero-order chi connectivity index (χ0) is 21.6. The summed E-state index contributed by atoms with van der Waals surface area (Å²) in [5, 5.41) is 5.77. The summed E-state index contributed by atoms with van der Waals surface area (Å²) in [6.45, 7) is 2.52. The third-order valence-electron chi connectivity index (χ3n) is 4.95. The summed E-state index contributed by atoms with van der Waals surface area (Å²) in [6.07, 6.45) is 0.737. The fraction of sp³-hybridized carbons (Fsp3) is 0.200. The van der Waals surface area contributed by atoms with E-state index in [1.165, 1.54) is 27.7 Å². The van der Waals surface area contributed by atoms with Crippen molar-refractivity contribution < 1.29 is 9.53 Å². The van der Waals surface area contributed by atoms with Crippen LogP contribution in [0.1, 0.15) is 28.6 Å². The largest absolute Gasteiger partial charge is 0.370 e. The highest BCUT2D eigenvalue weighted by molar-refractivity contribution is 7.15. The molecule has 0 spiro atoms. The van der Waals surface area contributed by atoms with E-state index in [4.69, 9.17) is 10.5 Å².